The molecule has 0 unspecified atom stereocenters. The van der Waals surface area contributed by atoms with E-state index >= 15 is 0 Å². The number of nitrogens with zero attached hydrogens (tertiary/aromatic N) is 1. The third-order valence-corrected chi connectivity index (χ3v) is 2.96. The molecule has 0 saturated carbocycles. The van der Waals surface area contributed by atoms with Gasteiger partial charge in [-0.05, 0) is 18.6 Å². The Morgan fingerprint density at radius 1 is 1.40 bits per heavy atom. The zero-order valence-electron chi connectivity index (χ0n) is 8.13. The van der Waals surface area contributed by atoms with E-state index in [-0.39, 0.29) is 0 Å². The van der Waals surface area contributed by atoms with Gasteiger partial charge in [0.05, 0.1) is 10.9 Å². The van der Waals surface area contributed by atoms with Crippen LogP contribution in [0.15, 0.2) is 29.0 Å². The SMILES string of the molecule is Cc1cccc(-c2ocnc2CCl)c1Cl. The summed E-state index contributed by atoms with van der Waals surface area (Å²) in [4.78, 5) is 4.02. The molecule has 4 heteroatoms. The number of benzene rings is 1. The van der Waals surface area contributed by atoms with E-state index in [2.05, 4.69) is 4.98 Å². The summed E-state index contributed by atoms with van der Waals surface area (Å²) in [5.41, 5.74) is 2.56. The van der Waals surface area contributed by atoms with E-state index < -0.39 is 0 Å². The van der Waals surface area contributed by atoms with Crippen molar-refractivity contribution in [1.29, 1.82) is 0 Å². The summed E-state index contributed by atoms with van der Waals surface area (Å²) in [6, 6.07) is 5.77. The Morgan fingerprint density at radius 2 is 2.20 bits per heavy atom. The predicted octanol–water partition coefficient (Wildman–Crippen LogP) is 4.04. The van der Waals surface area contributed by atoms with Gasteiger partial charge in [-0.25, -0.2) is 4.98 Å². The van der Waals surface area contributed by atoms with E-state index in [9.17, 15) is 0 Å². The Bertz CT molecular complexity index is 479. The molecule has 0 N–H and O–H groups in total. The van der Waals surface area contributed by atoms with Crippen molar-refractivity contribution in [2.24, 2.45) is 0 Å². The average molecular weight is 242 g/mol. The van der Waals surface area contributed by atoms with Crippen LogP contribution in [0.4, 0.5) is 0 Å². The smallest absolute Gasteiger partial charge is 0.181 e. The Kier molecular flexibility index (Phi) is 2.98. The van der Waals surface area contributed by atoms with Crippen LogP contribution >= 0.6 is 23.2 Å². The summed E-state index contributed by atoms with van der Waals surface area (Å²) in [6.07, 6.45) is 1.38. The van der Waals surface area contributed by atoms with Gasteiger partial charge in [-0.1, -0.05) is 23.7 Å². The highest BCUT2D eigenvalue weighted by Gasteiger charge is 2.13. The predicted molar refractivity (Wildman–Crippen MR) is 61.2 cm³/mol. The minimum atomic E-state index is 0.316. The monoisotopic (exact) mass is 241 g/mol. The highest BCUT2D eigenvalue weighted by molar-refractivity contribution is 6.34. The molecule has 0 bridgehead atoms. The molecule has 1 aromatic carbocycles. The maximum absolute atomic E-state index is 6.18. The van der Waals surface area contributed by atoms with Crippen LogP contribution in [0.25, 0.3) is 11.3 Å². The normalized spacial score (nSPS) is 10.6. The van der Waals surface area contributed by atoms with Crippen molar-refractivity contribution >= 4 is 23.2 Å². The largest absolute Gasteiger partial charge is 0.443 e. The van der Waals surface area contributed by atoms with Gasteiger partial charge in [-0.15, -0.1) is 11.6 Å². The third kappa shape index (κ3) is 1.87. The Morgan fingerprint density at radius 3 is 2.93 bits per heavy atom. The second kappa shape index (κ2) is 4.25. The van der Waals surface area contributed by atoms with Crippen LogP contribution in [0, 0.1) is 6.92 Å². The lowest BCUT2D eigenvalue weighted by molar-refractivity contribution is 0.571. The number of aromatic nitrogens is 1. The second-order valence-electron chi connectivity index (χ2n) is 3.20. The first kappa shape index (κ1) is 10.5. The maximum atomic E-state index is 6.18. The number of hydrogen-bond donors (Lipinski definition) is 0. The number of rotatable bonds is 2. The molecule has 2 rings (SSSR count). The Hall–Kier alpha value is -0.990. The van der Waals surface area contributed by atoms with Crippen molar-refractivity contribution in [3.63, 3.8) is 0 Å². The van der Waals surface area contributed by atoms with Crippen molar-refractivity contribution < 1.29 is 4.42 Å². The molecule has 0 aliphatic carbocycles. The van der Waals surface area contributed by atoms with Crippen LogP contribution in [0.2, 0.25) is 5.02 Å². The number of halogens is 2. The summed E-state index contributed by atoms with van der Waals surface area (Å²) in [6.45, 7) is 1.95. The Labute approximate surface area is 97.8 Å². The first-order valence-corrected chi connectivity index (χ1v) is 5.39. The van der Waals surface area contributed by atoms with E-state index in [1.807, 2.05) is 25.1 Å². The van der Waals surface area contributed by atoms with Gasteiger partial charge in [0.25, 0.3) is 0 Å². The fourth-order valence-corrected chi connectivity index (χ4v) is 1.81. The molecule has 2 nitrogen and oxygen atoms in total. The van der Waals surface area contributed by atoms with E-state index in [0.717, 1.165) is 11.1 Å². The van der Waals surface area contributed by atoms with Gasteiger partial charge in [0.1, 0.15) is 5.69 Å². The lowest BCUT2D eigenvalue weighted by Gasteiger charge is -2.04. The molecule has 0 saturated heterocycles. The van der Waals surface area contributed by atoms with E-state index in [4.69, 9.17) is 27.6 Å². The fraction of sp³-hybridized carbons (Fsp3) is 0.182. The number of oxazole rings is 1. The lowest BCUT2D eigenvalue weighted by atomic mass is 10.1. The van der Waals surface area contributed by atoms with Gasteiger partial charge in [-0.2, -0.15) is 0 Å². The maximum Gasteiger partial charge on any atom is 0.181 e. The van der Waals surface area contributed by atoms with Crippen molar-refractivity contribution in [2.75, 3.05) is 0 Å². The number of aryl methyl sites for hydroxylation is 1. The van der Waals surface area contributed by atoms with Gasteiger partial charge in [-0.3, -0.25) is 0 Å². The molecule has 1 aromatic heterocycles. The van der Waals surface area contributed by atoms with Crippen LogP contribution < -0.4 is 0 Å². The molecular formula is C11H9Cl2NO. The van der Waals surface area contributed by atoms with Crippen molar-refractivity contribution in [3.8, 4) is 11.3 Å². The second-order valence-corrected chi connectivity index (χ2v) is 3.84. The minimum Gasteiger partial charge on any atom is -0.443 e. The van der Waals surface area contributed by atoms with E-state index in [1.54, 1.807) is 0 Å². The van der Waals surface area contributed by atoms with Crippen molar-refractivity contribution in [1.82, 2.24) is 4.98 Å². The van der Waals surface area contributed by atoms with Crippen LogP contribution in [0.3, 0.4) is 0 Å². The Balaban J connectivity index is 2.59. The molecule has 0 amide bonds. The number of alkyl halides is 1. The third-order valence-electron chi connectivity index (χ3n) is 2.20. The zero-order chi connectivity index (χ0) is 10.8. The average Bonchev–Trinajstić information content (AvgIpc) is 2.70. The molecular weight excluding hydrogens is 233 g/mol. The lowest BCUT2D eigenvalue weighted by Crippen LogP contribution is -1.85. The molecule has 0 radical (unpaired) electrons. The quantitative estimate of drug-likeness (QED) is 0.742. The standard InChI is InChI=1S/C11H9Cl2NO/c1-7-3-2-4-8(10(7)13)11-9(5-12)14-6-15-11/h2-4,6H,5H2,1H3. The van der Waals surface area contributed by atoms with Gasteiger partial charge in [0, 0.05) is 5.56 Å². The number of hydrogen-bond acceptors (Lipinski definition) is 2. The van der Waals surface area contributed by atoms with Crippen molar-refractivity contribution in [2.45, 2.75) is 12.8 Å². The molecule has 0 atom stereocenters. The van der Waals surface area contributed by atoms with Crippen LogP contribution in [0.1, 0.15) is 11.3 Å². The molecule has 78 valence electrons. The van der Waals surface area contributed by atoms with E-state index in [0.29, 0.717) is 22.4 Å². The van der Waals surface area contributed by atoms with Crippen LogP contribution in [-0.2, 0) is 5.88 Å². The molecule has 0 fully saturated rings. The van der Waals surface area contributed by atoms with Crippen LogP contribution in [-0.4, -0.2) is 4.98 Å². The highest BCUT2D eigenvalue weighted by Crippen LogP contribution is 2.32. The molecule has 0 spiro atoms. The summed E-state index contributed by atoms with van der Waals surface area (Å²) in [5, 5.41) is 0.681. The van der Waals surface area contributed by atoms with Crippen LogP contribution in [0.5, 0.6) is 0 Å². The summed E-state index contributed by atoms with van der Waals surface area (Å²) in [5.74, 6) is 0.967. The zero-order valence-corrected chi connectivity index (χ0v) is 9.64. The highest BCUT2D eigenvalue weighted by atomic mass is 35.5. The molecule has 0 aliphatic heterocycles. The van der Waals surface area contributed by atoms with Gasteiger partial charge in [0.2, 0.25) is 0 Å². The first-order valence-electron chi connectivity index (χ1n) is 4.48. The van der Waals surface area contributed by atoms with Gasteiger partial charge in [0.15, 0.2) is 12.2 Å². The van der Waals surface area contributed by atoms with E-state index in [1.165, 1.54) is 6.39 Å². The summed E-state index contributed by atoms with van der Waals surface area (Å²) < 4.78 is 5.30. The van der Waals surface area contributed by atoms with Crippen molar-refractivity contribution in [3.05, 3.63) is 40.9 Å². The molecule has 15 heavy (non-hydrogen) atoms. The van der Waals surface area contributed by atoms with Gasteiger partial charge >= 0.3 is 0 Å². The molecule has 2 aromatic rings. The molecule has 1 heterocycles. The minimum absolute atomic E-state index is 0.316. The molecule has 0 aliphatic rings. The summed E-state index contributed by atoms with van der Waals surface area (Å²) >= 11 is 11.9. The summed E-state index contributed by atoms with van der Waals surface area (Å²) in [7, 11) is 0. The topological polar surface area (TPSA) is 26.0 Å². The fourth-order valence-electron chi connectivity index (χ4n) is 1.41. The van der Waals surface area contributed by atoms with Gasteiger partial charge < -0.3 is 4.42 Å². The first-order chi connectivity index (χ1) is 7.24.